The molecule has 5 rings (SSSR count). The Labute approximate surface area is 205 Å². The van der Waals surface area contributed by atoms with E-state index in [2.05, 4.69) is 15.6 Å². The Kier molecular flexibility index (Phi) is 5.56. The quantitative estimate of drug-likeness (QED) is 0.282. The van der Waals surface area contributed by atoms with Crippen LogP contribution in [0.15, 0.2) is 67.0 Å². The van der Waals surface area contributed by atoms with Crippen LogP contribution in [0.3, 0.4) is 0 Å². The van der Waals surface area contributed by atoms with Crippen molar-refractivity contribution in [1.82, 2.24) is 20.2 Å². The van der Waals surface area contributed by atoms with Crippen LogP contribution in [0.25, 0.3) is 22.0 Å². The third-order valence-corrected chi connectivity index (χ3v) is 6.28. The minimum atomic E-state index is -1.48. The molecule has 1 atom stereocenters. The Morgan fingerprint density at radius 3 is 2.56 bits per heavy atom. The molecule has 10 nitrogen and oxygen atoms in total. The fraction of sp³-hybridized carbons (Fsp3) is 0.154. The summed E-state index contributed by atoms with van der Waals surface area (Å²) >= 11 is 0. The summed E-state index contributed by atoms with van der Waals surface area (Å²) in [5.74, 6) is -0.561. The average molecular weight is 486 g/mol. The number of aromatic hydroxyl groups is 1. The molecule has 1 aliphatic rings. The number of aromatic nitrogens is 2. The monoisotopic (exact) mass is 486 g/mol. The van der Waals surface area contributed by atoms with Gasteiger partial charge in [0.15, 0.2) is 11.4 Å². The maximum atomic E-state index is 13.1. The zero-order valence-corrected chi connectivity index (χ0v) is 19.4. The fourth-order valence-electron chi connectivity index (χ4n) is 4.45. The number of hydrogen-bond acceptors (Lipinski definition) is 7. The van der Waals surface area contributed by atoms with Gasteiger partial charge in [-0.05, 0) is 35.9 Å². The summed E-state index contributed by atoms with van der Waals surface area (Å²) in [5.41, 5.74) is 0.352. The van der Waals surface area contributed by atoms with E-state index >= 15 is 0 Å². The summed E-state index contributed by atoms with van der Waals surface area (Å²) in [5, 5.41) is 17.2. The molecule has 4 aromatic rings. The van der Waals surface area contributed by atoms with Gasteiger partial charge in [0.2, 0.25) is 0 Å². The number of benzene rings is 2. The number of urea groups is 1. The predicted octanol–water partition coefficient (Wildman–Crippen LogP) is 2.94. The van der Waals surface area contributed by atoms with Gasteiger partial charge in [-0.15, -0.1) is 0 Å². The van der Waals surface area contributed by atoms with Crippen molar-refractivity contribution in [2.75, 3.05) is 14.2 Å². The highest BCUT2D eigenvalue weighted by Gasteiger charge is 2.48. The van der Waals surface area contributed by atoms with E-state index in [0.717, 1.165) is 5.39 Å². The number of amides is 3. The largest absolute Gasteiger partial charge is 0.497 e. The van der Waals surface area contributed by atoms with Crippen LogP contribution in [-0.2, 0) is 21.6 Å². The molecule has 2 aromatic heterocycles. The molecule has 0 saturated carbocycles. The summed E-state index contributed by atoms with van der Waals surface area (Å²) < 4.78 is 11.6. The molecule has 1 saturated heterocycles. The summed E-state index contributed by atoms with van der Waals surface area (Å²) in [6, 6.07) is 14.7. The average Bonchev–Trinajstić information content (AvgIpc) is 3.37. The van der Waals surface area contributed by atoms with Crippen LogP contribution in [0.4, 0.5) is 4.79 Å². The molecular formula is C26H22N4O6. The van der Waals surface area contributed by atoms with Crippen LogP contribution >= 0.6 is 0 Å². The molecule has 36 heavy (non-hydrogen) atoms. The smallest absolute Gasteiger partial charge is 0.340 e. The standard InChI is InChI=1S/C26H22N4O6/c1-35-18-10-7-16-13-30(22(31)20(16)12-18)14-26(24(33)28-25(34)29-26)17-8-5-15(6-9-17)21-19(23(32)36-2)4-3-11-27-21/h3-13,31H,14H2,1-2H3,(H2,28,29,33,34)/t26-/m0/s1. The second-order valence-electron chi connectivity index (χ2n) is 8.32. The van der Waals surface area contributed by atoms with E-state index in [4.69, 9.17) is 9.47 Å². The van der Waals surface area contributed by atoms with Gasteiger partial charge < -0.3 is 24.5 Å². The van der Waals surface area contributed by atoms with Gasteiger partial charge >= 0.3 is 12.0 Å². The minimum Gasteiger partial charge on any atom is -0.497 e. The number of esters is 1. The second kappa shape index (κ2) is 8.73. The molecule has 0 radical (unpaired) electrons. The number of fused-ring (bicyclic) bond motifs is 1. The normalized spacial score (nSPS) is 17.1. The number of imide groups is 1. The minimum absolute atomic E-state index is 0.0648. The number of methoxy groups -OCH3 is 2. The summed E-state index contributed by atoms with van der Waals surface area (Å²) in [4.78, 5) is 41.8. The van der Waals surface area contributed by atoms with Gasteiger partial charge in [0, 0.05) is 28.7 Å². The fourth-order valence-corrected chi connectivity index (χ4v) is 4.45. The van der Waals surface area contributed by atoms with Crippen molar-refractivity contribution in [1.29, 1.82) is 0 Å². The van der Waals surface area contributed by atoms with Gasteiger partial charge in [-0.25, -0.2) is 9.59 Å². The van der Waals surface area contributed by atoms with E-state index in [-0.39, 0.29) is 12.4 Å². The number of ether oxygens (including phenoxy) is 2. The summed E-state index contributed by atoms with van der Waals surface area (Å²) in [6.45, 7) is -0.0657. The molecule has 0 aliphatic carbocycles. The van der Waals surface area contributed by atoms with Crippen molar-refractivity contribution >= 4 is 28.7 Å². The molecule has 3 N–H and O–H groups in total. The summed E-state index contributed by atoms with van der Waals surface area (Å²) in [6.07, 6.45) is 3.27. The number of nitrogens with one attached hydrogen (secondary N) is 2. The highest BCUT2D eigenvalue weighted by molar-refractivity contribution is 6.07. The zero-order chi connectivity index (χ0) is 25.4. The number of nitrogens with zero attached hydrogens (tertiary/aromatic N) is 2. The van der Waals surface area contributed by atoms with E-state index in [1.54, 1.807) is 67.0 Å². The number of carbonyl (C=O) groups is 3. The molecule has 0 spiro atoms. The molecule has 2 aromatic carbocycles. The van der Waals surface area contributed by atoms with E-state index in [0.29, 0.717) is 33.5 Å². The van der Waals surface area contributed by atoms with Crippen molar-refractivity contribution in [2.24, 2.45) is 0 Å². The van der Waals surface area contributed by atoms with Gasteiger partial charge in [-0.1, -0.05) is 24.3 Å². The van der Waals surface area contributed by atoms with E-state index in [1.165, 1.54) is 18.8 Å². The number of carbonyl (C=O) groups excluding carboxylic acids is 3. The molecule has 10 heteroatoms. The first kappa shape index (κ1) is 22.9. The number of pyridine rings is 1. The lowest BCUT2D eigenvalue weighted by molar-refractivity contribution is -0.124. The Balaban J connectivity index is 1.56. The lowest BCUT2D eigenvalue weighted by atomic mass is 9.88. The molecule has 1 fully saturated rings. The van der Waals surface area contributed by atoms with Crippen molar-refractivity contribution in [3.8, 4) is 22.9 Å². The lowest BCUT2D eigenvalue weighted by Crippen LogP contribution is -2.47. The first-order valence-corrected chi connectivity index (χ1v) is 11.0. The Hall–Kier alpha value is -4.86. The van der Waals surface area contributed by atoms with Gasteiger partial charge in [-0.3, -0.25) is 15.1 Å². The number of rotatable bonds is 6. The second-order valence-corrected chi connectivity index (χ2v) is 8.32. The topological polar surface area (TPSA) is 132 Å². The van der Waals surface area contributed by atoms with Gasteiger partial charge in [-0.2, -0.15) is 0 Å². The molecular weight excluding hydrogens is 464 g/mol. The van der Waals surface area contributed by atoms with Crippen molar-refractivity contribution in [3.05, 3.63) is 78.1 Å². The maximum Gasteiger partial charge on any atom is 0.340 e. The molecule has 0 unspecified atom stereocenters. The van der Waals surface area contributed by atoms with Crippen LogP contribution < -0.4 is 15.4 Å². The van der Waals surface area contributed by atoms with Crippen LogP contribution in [0.2, 0.25) is 0 Å². The predicted molar refractivity (Wildman–Crippen MR) is 130 cm³/mol. The summed E-state index contributed by atoms with van der Waals surface area (Å²) in [7, 11) is 2.83. The molecule has 3 heterocycles. The van der Waals surface area contributed by atoms with Crippen molar-refractivity contribution in [3.63, 3.8) is 0 Å². The van der Waals surface area contributed by atoms with E-state index < -0.39 is 23.4 Å². The molecule has 0 bridgehead atoms. The van der Waals surface area contributed by atoms with Gasteiger partial charge in [0.1, 0.15) is 5.75 Å². The van der Waals surface area contributed by atoms with Crippen LogP contribution in [0.1, 0.15) is 15.9 Å². The molecule has 3 amide bonds. The molecule has 182 valence electrons. The molecule has 1 aliphatic heterocycles. The third kappa shape index (κ3) is 3.68. The van der Waals surface area contributed by atoms with Crippen molar-refractivity contribution in [2.45, 2.75) is 12.1 Å². The Morgan fingerprint density at radius 1 is 1.11 bits per heavy atom. The Morgan fingerprint density at radius 2 is 1.89 bits per heavy atom. The van der Waals surface area contributed by atoms with Gasteiger partial charge in [0.25, 0.3) is 5.91 Å². The first-order chi connectivity index (χ1) is 17.4. The van der Waals surface area contributed by atoms with E-state index in [1.807, 2.05) is 0 Å². The van der Waals surface area contributed by atoms with Crippen LogP contribution in [-0.4, -0.2) is 46.8 Å². The van der Waals surface area contributed by atoms with Crippen molar-refractivity contribution < 1.29 is 29.0 Å². The maximum absolute atomic E-state index is 13.1. The third-order valence-electron chi connectivity index (χ3n) is 6.28. The van der Waals surface area contributed by atoms with E-state index in [9.17, 15) is 19.5 Å². The lowest BCUT2D eigenvalue weighted by Gasteiger charge is -2.27. The highest BCUT2D eigenvalue weighted by atomic mass is 16.5. The van der Waals surface area contributed by atoms with Crippen LogP contribution in [0.5, 0.6) is 11.6 Å². The van der Waals surface area contributed by atoms with Crippen LogP contribution in [0, 0.1) is 0 Å². The zero-order valence-electron chi connectivity index (χ0n) is 19.4. The highest BCUT2D eigenvalue weighted by Crippen LogP contribution is 2.35. The first-order valence-electron chi connectivity index (χ1n) is 11.0. The number of hydrogen-bond donors (Lipinski definition) is 3. The SMILES string of the molecule is COC(=O)c1cccnc1-c1ccc([C@]2(Cn3cc4ccc(OC)cc4c3O)NC(=O)NC2=O)cc1. The van der Waals surface area contributed by atoms with Gasteiger partial charge in [0.05, 0.1) is 32.0 Å². The Bertz CT molecular complexity index is 1510.